The summed E-state index contributed by atoms with van der Waals surface area (Å²) in [6, 6.07) is 16.7. The van der Waals surface area contributed by atoms with Crippen LogP contribution in [0.2, 0.25) is 15.1 Å². The van der Waals surface area contributed by atoms with Gasteiger partial charge in [0.25, 0.3) is 10.0 Å². The van der Waals surface area contributed by atoms with Crippen LogP contribution in [0.4, 0.5) is 5.69 Å². The first-order chi connectivity index (χ1) is 20.0. The zero-order valence-electron chi connectivity index (χ0n) is 23.5. The van der Waals surface area contributed by atoms with Crippen molar-refractivity contribution in [1.29, 1.82) is 0 Å². The van der Waals surface area contributed by atoms with Gasteiger partial charge in [0.15, 0.2) is 0 Å². The van der Waals surface area contributed by atoms with E-state index in [0.29, 0.717) is 20.6 Å². The largest absolute Gasteiger partial charge is 0.352 e. The predicted molar refractivity (Wildman–Crippen MR) is 169 cm³/mol. The van der Waals surface area contributed by atoms with E-state index in [2.05, 4.69) is 5.32 Å². The zero-order valence-corrected chi connectivity index (χ0v) is 26.6. The first-order valence-corrected chi connectivity index (χ1v) is 16.4. The summed E-state index contributed by atoms with van der Waals surface area (Å²) in [5.41, 5.74) is 1.56. The van der Waals surface area contributed by atoms with Crippen molar-refractivity contribution in [2.24, 2.45) is 0 Å². The van der Waals surface area contributed by atoms with Crippen molar-refractivity contribution < 1.29 is 18.0 Å². The van der Waals surface area contributed by atoms with E-state index in [0.717, 1.165) is 42.0 Å². The smallest absolute Gasteiger partial charge is 0.264 e. The molecule has 1 aliphatic rings. The molecule has 2 amide bonds. The first-order valence-electron chi connectivity index (χ1n) is 13.8. The fraction of sp³-hybridized carbons (Fsp3) is 0.355. The number of aryl methyl sites for hydroxylation is 1. The topological polar surface area (TPSA) is 86.8 Å². The summed E-state index contributed by atoms with van der Waals surface area (Å²) in [5.74, 6) is -0.889. The highest BCUT2D eigenvalue weighted by atomic mass is 35.5. The van der Waals surface area contributed by atoms with Crippen LogP contribution in [0, 0.1) is 6.92 Å². The number of amides is 2. The van der Waals surface area contributed by atoms with E-state index in [1.54, 1.807) is 62.4 Å². The van der Waals surface area contributed by atoms with Crippen LogP contribution in [0.5, 0.6) is 0 Å². The lowest BCUT2D eigenvalue weighted by Gasteiger charge is -2.33. The summed E-state index contributed by atoms with van der Waals surface area (Å²) in [5, 5.41) is 4.21. The summed E-state index contributed by atoms with van der Waals surface area (Å²) in [4.78, 5) is 28.9. The van der Waals surface area contributed by atoms with Crippen molar-refractivity contribution >= 4 is 62.3 Å². The molecule has 1 N–H and O–H groups in total. The number of carbonyl (C=O) groups excluding carboxylic acids is 2. The maximum Gasteiger partial charge on any atom is 0.264 e. The standard InChI is InChI=1S/C31H34Cl3N3O4S/c1-21-13-16-26(18-28(21)33)37(42(40,41)27-11-7-4-8-12-27)20-30(38)36(19-23-14-15-24(32)17-29(23)34)22(2)31(39)35-25-9-5-3-6-10-25/h4,7-8,11-18,22,25H,3,5-6,9-10,19-20H2,1-2H3,(H,35,39)/t22-/m1/s1. The highest BCUT2D eigenvalue weighted by molar-refractivity contribution is 7.92. The van der Waals surface area contributed by atoms with Crippen LogP contribution in [-0.4, -0.2) is 43.8 Å². The Labute approximate surface area is 262 Å². The zero-order chi connectivity index (χ0) is 30.4. The number of hydrogen-bond donors (Lipinski definition) is 1. The normalized spacial score (nSPS) is 14.7. The average Bonchev–Trinajstić information content (AvgIpc) is 2.97. The lowest BCUT2D eigenvalue weighted by Crippen LogP contribution is -2.53. The third kappa shape index (κ3) is 7.78. The van der Waals surface area contributed by atoms with Gasteiger partial charge in [-0.25, -0.2) is 8.42 Å². The summed E-state index contributed by atoms with van der Waals surface area (Å²) in [6.07, 6.45) is 4.97. The molecule has 0 unspecified atom stereocenters. The Balaban J connectivity index is 1.70. The second-order valence-electron chi connectivity index (χ2n) is 10.5. The third-order valence-electron chi connectivity index (χ3n) is 7.53. The number of carbonyl (C=O) groups is 2. The van der Waals surface area contributed by atoms with Crippen LogP contribution in [0.25, 0.3) is 0 Å². The Kier molecular flexibility index (Phi) is 10.8. The van der Waals surface area contributed by atoms with E-state index in [1.807, 2.05) is 0 Å². The maximum absolute atomic E-state index is 14.1. The minimum absolute atomic E-state index is 0.0184. The van der Waals surface area contributed by atoms with Crippen molar-refractivity contribution in [3.8, 4) is 0 Å². The lowest BCUT2D eigenvalue weighted by atomic mass is 9.95. The SMILES string of the molecule is Cc1ccc(N(CC(=O)N(Cc2ccc(Cl)cc2Cl)[C@H](C)C(=O)NC2CCCCC2)S(=O)(=O)c2ccccc2)cc1Cl. The van der Waals surface area contributed by atoms with Crippen LogP contribution in [0.3, 0.4) is 0 Å². The van der Waals surface area contributed by atoms with E-state index in [4.69, 9.17) is 34.8 Å². The number of halogens is 3. The molecule has 224 valence electrons. The molecule has 1 saturated carbocycles. The van der Waals surface area contributed by atoms with Gasteiger partial charge >= 0.3 is 0 Å². The van der Waals surface area contributed by atoms with Crippen molar-refractivity contribution in [2.45, 2.75) is 69.5 Å². The van der Waals surface area contributed by atoms with Gasteiger partial charge in [-0.2, -0.15) is 0 Å². The molecule has 42 heavy (non-hydrogen) atoms. The molecule has 1 aliphatic carbocycles. The average molecular weight is 651 g/mol. The second kappa shape index (κ2) is 14.1. The van der Waals surface area contributed by atoms with Gasteiger partial charge in [-0.05, 0) is 74.2 Å². The molecule has 0 heterocycles. The molecular formula is C31H34Cl3N3O4S. The van der Waals surface area contributed by atoms with Crippen molar-refractivity contribution in [3.63, 3.8) is 0 Å². The molecule has 11 heteroatoms. The van der Waals surface area contributed by atoms with Gasteiger partial charge in [-0.1, -0.05) is 84.4 Å². The Bertz CT molecular complexity index is 1530. The van der Waals surface area contributed by atoms with Crippen LogP contribution in [0.1, 0.15) is 50.2 Å². The Morgan fingerprint density at radius 3 is 2.26 bits per heavy atom. The molecule has 7 nitrogen and oxygen atoms in total. The van der Waals surface area contributed by atoms with Gasteiger partial charge in [-0.15, -0.1) is 0 Å². The highest BCUT2D eigenvalue weighted by Crippen LogP contribution is 2.29. The summed E-state index contributed by atoms with van der Waals surface area (Å²) >= 11 is 18.9. The Morgan fingerprint density at radius 2 is 1.62 bits per heavy atom. The monoisotopic (exact) mass is 649 g/mol. The molecule has 0 saturated heterocycles. The van der Waals surface area contributed by atoms with E-state index in [-0.39, 0.29) is 29.1 Å². The first kappa shape index (κ1) is 32.1. The van der Waals surface area contributed by atoms with Gasteiger partial charge < -0.3 is 10.2 Å². The quantitative estimate of drug-likeness (QED) is 0.256. The Hall–Kier alpha value is -2.78. The number of benzene rings is 3. The minimum atomic E-state index is -4.18. The molecule has 0 radical (unpaired) electrons. The van der Waals surface area contributed by atoms with Gasteiger partial charge in [-0.3, -0.25) is 13.9 Å². The summed E-state index contributed by atoms with van der Waals surface area (Å²) in [7, 11) is -4.18. The lowest BCUT2D eigenvalue weighted by molar-refractivity contribution is -0.139. The summed E-state index contributed by atoms with van der Waals surface area (Å²) in [6.45, 7) is 2.85. The third-order valence-corrected chi connectivity index (χ3v) is 10.3. The molecule has 3 aromatic carbocycles. The van der Waals surface area contributed by atoms with E-state index >= 15 is 0 Å². The molecule has 0 aromatic heterocycles. The van der Waals surface area contributed by atoms with Gasteiger partial charge in [0, 0.05) is 27.7 Å². The van der Waals surface area contributed by atoms with Crippen molar-refractivity contribution in [1.82, 2.24) is 10.2 Å². The maximum atomic E-state index is 14.1. The van der Waals surface area contributed by atoms with Gasteiger partial charge in [0.05, 0.1) is 10.6 Å². The minimum Gasteiger partial charge on any atom is -0.352 e. The molecular weight excluding hydrogens is 617 g/mol. The van der Waals surface area contributed by atoms with Crippen LogP contribution < -0.4 is 9.62 Å². The fourth-order valence-corrected chi connectivity index (χ4v) is 7.04. The van der Waals surface area contributed by atoms with E-state index in [1.165, 1.54) is 23.1 Å². The number of nitrogens with one attached hydrogen (secondary N) is 1. The molecule has 0 aliphatic heterocycles. The molecule has 0 bridgehead atoms. The number of nitrogens with zero attached hydrogens (tertiary/aromatic N) is 2. The molecule has 1 fully saturated rings. The van der Waals surface area contributed by atoms with Crippen molar-refractivity contribution in [3.05, 3.63) is 92.9 Å². The van der Waals surface area contributed by atoms with Gasteiger partial charge in [0.1, 0.15) is 12.6 Å². The van der Waals surface area contributed by atoms with Crippen LogP contribution >= 0.6 is 34.8 Å². The predicted octanol–water partition coefficient (Wildman–Crippen LogP) is 7.02. The second-order valence-corrected chi connectivity index (χ2v) is 13.6. The molecule has 4 rings (SSSR count). The number of hydrogen-bond acceptors (Lipinski definition) is 4. The van der Waals surface area contributed by atoms with Crippen molar-refractivity contribution in [2.75, 3.05) is 10.8 Å². The molecule has 1 atom stereocenters. The van der Waals surface area contributed by atoms with Crippen LogP contribution in [-0.2, 0) is 26.2 Å². The van der Waals surface area contributed by atoms with E-state index in [9.17, 15) is 18.0 Å². The number of rotatable bonds is 10. The number of anilines is 1. The van der Waals surface area contributed by atoms with Gasteiger partial charge in [0.2, 0.25) is 11.8 Å². The van der Waals surface area contributed by atoms with Crippen LogP contribution in [0.15, 0.2) is 71.6 Å². The molecule has 0 spiro atoms. The summed E-state index contributed by atoms with van der Waals surface area (Å²) < 4.78 is 28.8. The van der Waals surface area contributed by atoms with E-state index < -0.39 is 28.5 Å². The molecule has 3 aromatic rings. The fourth-order valence-electron chi connectivity index (χ4n) is 4.97. The number of sulfonamides is 1. The highest BCUT2D eigenvalue weighted by Gasteiger charge is 2.33. The Morgan fingerprint density at radius 1 is 0.929 bits per heavy atom.